The van der Waals surface area contributed by atoms with Crippen LogP contribution < -0.4 is 15.8 Å². The van der Waals surface area contributed by atoms with Crippen molar-refractivity contribution in [1.29, 1.82) is 0 Å². The summed E-state index contributed by atoms with van der Waals surface area (Å²) in [7, 11) is 0. The van der Waals surface area contributed by atoms with Crippen molar-refractivity contribution in [3.8, 4) is 5.75 Å². The second kappa shape index (κ2) is 13.9. The van der Waals surface area contributed by atoms with Crippen molar-refractivity contribution in [2.45, 2.75) is 124 Å². The van der Waals surface area contributed by atoms with E-state index in [2.05, 4.69) is 10.5 Å². The first kappa shape index (κ1) is 36.9. The Bertz CT molecular complexity index is 1460. The molecule has 2 fully saturated rings. The maximum absolute atomic E-state index is 14.5. The van der Waals surface area contributed by atoms with E-state index in [0.717, 1.165) is 35.3 Å². The topological polar surface area (TPSA) is 167 Å². The normalized spacial score (nSPS) is 22.1. The molecule has 1 saturated carbocycles. The van der Waals surface area contributed by atoms with Crippen molar-refractivity contribution >= 4 is 35.2 Å². The van der Waals surface area contributed by atoms with Gasteiger partial charge in [0, 0.05) is 30.7 Å². The first-order valence-electron chi connectivity index (χ1n) is 16.9. The van der Waals surface area contributed by atoms with E-state index in [0.29, 0.717) is 25.2 Å². The zero-order chi connectivity index (χ0) is 35.8. The summed E-state index contributed by atoms with van der Waals surface area (Å²) < 4.78 is 11.3. The van der Waals surface area contributed by atoms with Crippen molar-refractivity contribution in [2.75, 3.05) is 13.2 Å². The first-order chi connectivity index (χ1) is 22.2. The third-order valence-corrected chi connectivity index (χ3v) is 9.13. The van der Waals surface area contributed by atoms with Crippen LogP contribution in [-0.4, -0.2) is 76.5 Å². The molecule has 3 aliphatic rings. The first-order valence-corrected chi connectivity index (χ1v) is 16.9. The molecule has 1 aromatic carbocycles. The van der Waals surface area contributed by atoms with Crippen molar-refractivity contribution in [3.63, 3.8) is 0 Å². The molecule has 1 aliphatic carbocycles. The van der Waals surface area contributed by atoms with Gasteiger partial charge in [0.05, 0.1) is 24.9 Å². The zero-order valence-corrected chi connectivity index (χ0v) is 29.9. The van der Waals surface area contributed by atoms with Crippen LogP contribution in [0.25, 0.3) is 0 Å². The molecule has 0 aromatic heterocycles. The molecule has 264 valence electrons. The minimum atomic E-state index is -1.07. The Labute approximate surface area is 283 Å². The SMILES string of the molecule is CCOc1c(C)cc(C2=NO[C@]3(C2)C[C@@H](C(=O)C[C@@H](CC2CC2)C(=O)C(N)=O)N(C(=O)[C@@H](NC(=O)OC(C)(C)C)C(C)(C)C)C3)cc1C. The lowest BCUT2D eigenvalue weighted by Crippen LogP contribution is -2.57. The van der Waals surface area contributed by atoms with Crippen LogP contribution in [0.3, 0.4) is 0 Å². The van der Waals surface area contributed by atoms with Gasteiger partial charge >= 0.3 is 6.09 Å². The van der Waals surface area contributed by atoms with Crippen molar-refractivity contribution in [3.05, 3.63) is 28.8 Å². The summed E-state index contributed by atoms with van der Waals surface area (Å²) in [6.07, 6.45) is 1.72. The molecule has 1 spiro atoms. The predicted octanol–water partition coefficient (Wildman–Crippen LogP) is 4.54. The number of rotatable bonds is 12. The highest BCUT2D eigenvalue weighted by molar-refractivity contribution is 6.36. The third-order valence-electron chi connectivity index (χ3n) is 9.13. The predicted molar refractivity (Wildman–Crippen MR) is 179 cm³/mol. The fraction of sp³-hybridized carbons (Fsp3) is 0.667. The number of aryl methyl sites for hydroxylation is 2. The van der Waals surface area contributed by atoms with Gasteiger partial charge in [-0.2, -0.15) is 0 Å². The van der Waals surface area contributed by atoms with Gasteiger partial charge in [-0.3, -0.25) is 19.2 Å². The number of hydrogen-bond acceptors (Lipinski definition) is 9. The molecule has 2 aliphatic heterocycles. The third kappa shape index (κ3) is 8.73. The number of carbonyl (C=O) groups excluding carboxylic acids is 5. The Kier molecular flexibility index (Phi) is 10.7. The highest BCUT2D eigenvalue weighted by Crippen LogP contribution is 2.42. The Balaban J connectivity index is 1.65. The van der Waals surface area contributed by atoms with Gasteiger partial charge in [-0.15, -0.1) is 0 Å². The second-order valence-electron chi connectivity index (χ2n) is 15.8. The van der Waals surface area contributed by atoms with Gasteiger partial charge in [0.25, 0.3) is 5.91 Å². The number of Topliss-reactive ketones (excluding diaryl/α,β-unsaturated/α-hetero) is 2. The van der Waals surface area contributed by atoms with E-state index in [-0.39, 0.29) is 31.1 Å². The van der Waals surface area contributed by atoms with E-state index in [9.17, 15) is 24.0 Å². The molecule has 12 heteroatoms. The van der Waals surface area contributed by atoms with E-state index in [1.54, 1.807) is 20.8 Å². The Morgan fingerprint density at radius 1 is 1.08 bits per heavy atom. The quantitative estimate of drug-likeness (QED) is 0.306. The molecule has 3 amide bonds. The zero-order valence-electron chi connectivity index (χ0n) is 29.9. The molecule has 4 atom stereocenters. The number of primary amides is 1. The van der Waals surface area contributed by atoms with Crippen LogP contribution in [0.2, 0.25) is 0 Å². The number of ether oxygens (including phenoxy) is 2. The number of alkyl carbamates (subject to hydrolysis) is 1. The van der Waals surface area contributed by atoms with E-state index >= 15 is 0 Å². The number of amides is 3. The smallest absolute Gasteiger partial charge is 0.408 e. The van der Waals surface area contributed by atoms with Crippen LogP contribution in [0.15, 0.2) is 17.3 Å². The van der Waals surface area contributed by atoms with Gasteiger partial charge < -0.3 is 30.3 Å². The van der Waals surface area contributed by atoms with Crippen LogP contribution in [0.1, 0.15) is 104 Å². The minimum absolute atomic E-state index is 0.0316. The lowest BCUT2D eigenvalue weighted by atomic mass is 9.85. The number of likely N-dealkylation sites (tertiary alicyclic amines) is 1. The Morgan fingerprint density at radius 2 is 1.71 bits per heavy atom. The maximum Gasteiger partial charge on any atom is 0.408 e. The van der Waals surface area contributed by atoms with E-state index in [4.69, 9.17) is 20.0 Å². The van der Waals surface area contributed by atoms with Crippen molar-refractivity contribution in [1.82, 2.24) is 10.2 Å². The van der Waals surface area contributed by atoms with Gasteiger partial charge in [-0.1, -0.05) is 38.8 Å². The summed E-state index contributed by atoms with van der Waals surface area (Å²) in [6.45, 7) is 17.1. The number of nitrogens with zero attached hydrogens (tertiary/aromatic N) is 2. The fourth-order valence-electron chi connectivity index (χ4n) is 6.69. The number of nitrogens with one attached hydrogen (secondary N) is 1. The van der Waals surface area contributed by atoms with E-state index in [1.807, 2.05) is 53.7 Å². The van der Waals surface area contributed by atoms with E-state index in [1.165, 1.54) is 4.90 Å². The highest BCUT2D eigenvalue weighted by atomic mass is 16.7. The minimum Gasteiger partial charge on any atom is -0.493 e. The summed E-state index contributed by atoms with van der Waals surface area (Å²) in [5.74, 6) is -2.47. The second-order valence-corrected chi connectivity index (χ2v) is 15.8. The Hall–Kier alpha value is -3.96. The average Bonchev–Trinajstić information content (AvgIpc) is 3.56. The largest absolute Gasteiger partial charge is 0.493 e. The number of carbonyl (C=O) groups is 5. The fourth-order valence-corrected chi connectivity index (χ4v) is 6.69. The molecule has 0 unspecified atom stereocenters. The van der Waals surface area contributed by atoms with Gasteiger partial charge in [-0.05, 0) is 82.6 Å². The molecule has 4 rings (SSSR count). The molecule has 0 bridgehead atoms. The van der Waals surface area contributed by atoms with Gasteiger partial charge in [0.15, 0.2) is 11.4 Å². The number of oxime groups is 1. The standard InChI is InChI=1S/C36H52N4O8/c1-10-46-29-20(2)13-23(14-21(29)3)25-17-36(48-39-25)18-26(27(41)16-24(15-22-11-12-22)28(42)31(37)43)40(19-36)32(44)30(34(4,5)6)38-33(45)47-35(7,8)9/h13-14,22,24,26,30H,10-12,15-19H2,1-9H3,(H2,37,43)(H,38,45)/t24-,26+,30-,36-/m1/s1. The van der Waals surface area contributed by atoms with Crippen LogP contribution >= 0.6 is 0 Å². The van der Waals surface area contributed by atoms with Crippen LogP contribution in [0.4, 0.5) is 4.79 Å². The summed E-state index contributed by atoms with van der Waals surface area (Å²) in [4.78, 5) is 73.8. The van der Waals surface area contributed by atoms with Crippen molar-refractivity contribution < 1.29 is 38.3 Å². The average molecular weight is 669 g/mol. The summed E-state index contributed by atoms with van der Waals surface area (Å²) >= 11 is 0. The van der Waals surface area contributed by atoms with Crippen LogP contribution in [0, 0.1) is 31.1 Å². The monoisotopic (exact) mass is 668 g/mol. The Morgan fingerprint density at radius 3 is 2.23 bits per heavy atom. The molecule has 0 radical (unpaired) electrons. The van der Waals surface area contributed by atoms with Crippen molar-refractivity contribution in [2.24, 2.45) is 28.1 Å². The highest BCUT2D eigenvalue weighted by Gasteiger charge is 2.55. The summed E-state index contributed by atoms with van der Waals surface area (Å²) in [5, 5.41) is 7.19. The number of benzene rings is 1. The maximum atomic E-state index is 14.5. The van der Waals surface area contributed by atoms with Gasteiger partial charge in [0.1, 0.15) is 17.4 Å². The molecular weight excluding hydrogens is 616 g/mol. The molecule has 1 saturated heterocycles. The van der Waals surface area contributed by atoms with E-state index < -0.39 is 58.3 Å². The van der Waals surface area contributed by atoms with Crippen LogP contribution in [0.5, 0.6) is 5.75 Å². The summed E-state index contributed by atoms with van der Waals surface area (Å²) in [5.41, 5.74) is 6.24. The number of hydrogen-bond donors (Lipinski definition) is 2. The molecule has 12 nitrogen and oxygen atoms in total. The lowest BCUT2D eigenvalue weighted by molar-refractivity contribution is -0.143. The number of ketones is 2. The van der Waals surface area contributed by atoms with Gasteiger partial charge in [-0.25, -0.2) is 4.79 Å². The van der Waals surface area contributed by atoms with Gasteiger partial charge in [0.2, 0.25) is 11.7 Å². The molecule has 48 heavy (non-hydrogen) atoms. The lowest BCUT2D eigenvalue weighted by Gasteiger charge is -2.36. The van der Waals surface area contributed by atoms with Crippen LogP contribution in [-0.2, 0) is 28.8 Å². The molecule has 1 aromatic rings. The molecule has 3 N–H and O–H groups in total. The molecular formula is C36H52N4O8. The number of nitrogens with two attached hydrogens (primary N) is 1. The summed E-state index contributed by atoms with van der Waals surface area (Å²) in [6, 6.07) is 1.93. The molecule has 2 heterocycles.